The maximum atomic E-state index is 12.9. The summed E-state index contributed by atoms with van der Waals surface area (Å²) in [5, 5.41) is -0.191. The second-order valence-electron chi connectivity index (χ2n) is 2.81. The summed E-state index contributed by atoms with van der Waals surface area (Å²) in [7, 11) is 0. The first-order valence-electron chi connectivity index (χ1n) is 3.88. The Balaban J connectivity index is 3.42. The van der Waals surface area contributed by atoms with Gasteiger partial charge in [-0.05, 0) is 6.07 Å². The van der Waals surface area contributed by atoms with E-state index in [4.69, 9.17) is 0 Å². The molecule has 0 fully saturated rings. The van der Waals surface area contributed by atoms with Crippen LogP contribution in [0.4, 0.5) is 26.3 Å². The second kappa shape index (κ2) is 4.60. The van der Waals surface area contributed by atoms with E-state index in [1.165, 1.54) is 0 Å². The lowest BCUT2D eigenvalue weighted by molar-refractivity contribution is -0.143. The van der Waals surface area contributed by atoms with E-state index in [1.54, 1.807) is 0 Å². The van der Waals surface area contributed by atoms with Crippen LogP contribution >= 0.6 is 15.9 Å². The largest absolute Gasteiger partial charge is 0.433 e. The quantitative estimate of drug-likeness (QED) is 0.456. The van der Waals surface area contributed by atoms with Gasteiger partial charge in [-0.3, -0.25) is 0 Å². The van der Waals surface area contributed by atoms with Gasteiger partial charge >= 0.3 is 6.18 Å². The molecule has 1 rings (SSSR count). The predicted octanol–water partition coefficient (Wildman–Crippen LogP) is 4.07. The fourth-order valence-corrected chi connectivity index (χ4v) is 1.43. The Kier molecular flexibility index (Phi) is 3.82. The molecule has 1 aromatic heterocycles. The Hall–Kier alpha value is -0.790. The molecule has 0 aliphatic rings. The van der Waals surface area contributed by atoms with E-state index in [2.05, 4.69) is 20.9 Å². The third-order valence-corrected chi connectivity index (χ3v) is 2.33. The van der Waals surface area contributed by atoms with Crippen LogP contribution in [0.15, 0.2) is 6.07 Å². The van der Waals surface area contributed by atoms with E-state index < -0.39 is 29.8 Å². The van der Waals surface area contributed by atoms with Gasteiger partial charge in [0.25, 0.3) is 6.43 Å². The molecule has 0 saturated carbocycles. The zero-order valence-electron chi connectivity index (χ0n) is 7.45. The fourth-order valence-electron chi connectivity index (χ4n) is 1.04. The molecule has 0 bridgehead atoms. The van der Waals surface area contributed by atoms with Crippen molar-refractivity contribution in [3.05, 3.63) is 28.8 Å². The number of halogens is 7. The van der Waals surface area contributed by atoms with Crippen molar-refractivity contribution in [3.63, 3.8) is 0 Å². The Morgan fingerprint density at radius 3 is 2.25 bits per heavy atom. The van der Waals surface area contributed by atoms with Gasteiger partial charge in [0, 0.05) is 16.5 Å². The van der Waals surface area contributed by atoms with Gasteiger partial charge in [-0.1, -0.05) is 15.9 Å². The van der Waals surface area contributed by atoms with Crippen LogP contribution in [0.2, 0.25) is 0 Å². The molecule has 0 saturated heterocycles. The van der Waals surface area contributed by atoms with Gasteiger partial charge in [0.15, 0.2) is 5.69 Å². The van der Waals surface area contributed by atoms with E-state index in [-0.39, 0.29) is 10.9 Å². The van der Waals surface area contributed by atoms with Gasteiger partial charge in [0.1, 0.15) is 0 Å². The highest BCUT2D eigenvalue weighted by Crippen LogP contribution is 2.36. The molecule has 0 spiro atoms. The summed E-state index contributed by atoms with van der Waals surface area (Å²) in [6.07, 6.45) is -8.46. The molecule has 0 radical (unpaired) electrons. The standard InChI is InChI=1S/C8H4BrF6N/c9-2-3-1-4(6(10)11)5(8(13,14)15)16-7(3)12/h1,6H,2H2. The zero-order chi connectivity index (χ0) is 12.5. The molecule has 0 aliphatic heterocycles. The first kappa shape index (κ1) is 13.3. The van der Waals surface area contributed by atoms with Crippen LogP contribution in [0.5, 0.6) is 0 Å². The number of hydrogen-bond donors (Lipinski definition) is 0. The molecule has 0 atom stereocenters. The van der Waals surface area contributed by atoms with Crippen molar-refractivity contribution in [1.29, 1.82) is 0 Å². The minimum Gasteiger partial charge on any atom is -0.214 e. The summed E-state index contributed by atoms with van der Waals surface area (Å²) in [6, 6.07) is 0.463. The van der Waals surface area contributed by atoms with Crippen LogP contribution in [-0.2, 0) is 11.5 Å². The Labute approximate surface area is 94.6 Å². The Morgan fingerprint density at radius 1 is 1.31 bits per heavy atom. The van der Waals surface area contributed by atoms with E-state index >= 15 is 0 Å². The molecule has 0 aliphatic carbocycles. The number of alkyl halides is 6. The van der Waals surface area contributed by atoms with Gasteiger partial charge in [-0.15, -0.1) is 0 Å². The van der Waals surface area contributed by atoms with Gasteiger partial charge < -0.3 is 0 Å². The molecule has 0 amide bonds. The molecular weight excluding hydrogens is 304 g/mol. The monoisotopic (exact) mass is 307 g/mol. The van der Waals surface area contributed by atoms with Crippen LogP contribution in [0.1, 0.15) is 23.2 Å². The molecule has 0 N–H and O–H groups in total. The minimum absolute atomic E-state index is 0.191. The summed E-state index contributed by atoms with van der Waals surface area (Å²) in [6.45, 7) is 0. The summed E-state index contributed by atoms with van der Waals surface area (Å²) in [5.74, 6) is -1.41. The number of rotatable bonds is 2. The fraction of sp³-hybridized carbons (Fsp3) is 0.375. The molecule has 1 heterocycles. The van der Waals surface area contributed by atoms with Crippen molar-refractivity contribution in [2.24, 2.45) is 0 Å². The zero-order valence-corrected chi connectivity index (χ0v) is 9.04. The number of pyridine rings is 1. The average Bonchev–Trinajstić information content (AvgIpc) is 2.15. The van der Waals surface area contributed by atoms with Crippen molar-refractivity contribution < 1.29 is 26.3 Å². The summed E-state index contributed by atoms with van der Waals surface area (Å²) in [5.41, 5.74) is -3.55. The van der Waals surface area contributed by atoms with Crippen molar-refractivity contribution >= 4 is 15.9 Å². The maximum Gasteiger partial charge on any atom is 0.433 e. The highest BCUT2D eigenvalue weighted by Gasteiger charge is 2.38. The van der Waals surface area contributed by atoms with Gasteiger partial charge in [-0.2, -0.15) is 17.6 Å². The lowest BCUT2D eigenvalue weighted by Crippen LogP contribution is -2.14. The normalized spacial score (nSPS) is 12.2. The minimum atomic E-state index is -5.10. The van der Waals surface area contributed by atoms with Crippen LogP contribution < -0.4 is 0 Å². The molecule has 90 valence electrons. The average molecular weight is 308 g/mol. The number of aromatic nitrogens is 1. The molecule has 0 unspecified atom stereocenters. The predicted molar refractivity (Wildman–Crippen MR) is 46.8 cm³/mol. The highest BCUT2D eigenvalue weighted by molar-refractivity contribution is 9.08. The first-order chi connectivity index (χ1) is 7.27. The Bertz CT molecular complexity index is 389. The first-order valence-corrected chi connectivity index (χ1v) is 5.00. The van der Waals surface area contributed by atoms with Gasteiger partial charge in [0.05, 0.1) is 0 Å². The van der Waals surface area contributed by atoms with Crippen LogP contribution in [-0.4, -0.2) is 4.98 Å². The molecule has 16 heavy (non-hydrogen) atoms. The Morgan fingerprint density at radius 2 is 1.88 bits per heavy atom. The lowest BCUT2D eigenvalue weighted by atomic mass is 10.1. The third kappa shape index (κ3) is 2.66. The van der Waals surface area contributed by atoms with Crippen molar-refractivity contribution in [2.45, 2.75) is 17.9 Å². The van der Waals surface area contributed by atoms with Crippen LogP contribution in [0, 0.1) is 5.95 Å². The molecule has 1 nitrogen and oxygen atoms in total. The van der Waals surface area contributed by atoms with Crippen molar-refractivity contribution in [2.75, 3.05) is 0 Å². The number of hydrogen-bond acceptors (Lipinski definition) is 1. The second-order valence-corrected chi connectivity index (χ2v) is 3.37. The van der Waals surface area contributed by atoms with Gasteiger partial charge in [-0.25, -0.2) is 13.8 Å². The molecular formula is C8H4BrF6N. The van der Waals surface area contributed by atoms with E-state index in [9.17, 15) is 26.3 Å². The molecule has 1 aromatic rings. The highest BCUT2D eigenvalue weighted by atomic mass is 79.9. The molecule has 0 aromatic carbocycles. The van der Waals surface area contributed by atoms with E-state index in [0.29, 0.717) is 6.07 Å². The maximum absolute atomic E-state index is 12.9. The van der Waals surface area contributed by atoms with Crippen LogP contribution in [0.25, 0.3) is 0 Å². The van der Waals surface area contributed by atoms with Crippen LogP contribution in [0.3, 0.4) is 0 Å². The summed E-state index contributed by atoms with van der Waals surface area (Å²) < 4.78 is 74.3. The third-order valence-electron chi connectivity index (χ3n) is 1.73. The molecule has 8 heteroatoms. The van der Waals surface area contributed by atoms with Crippen molar-refractivity contribution in [3.8, 4) is 0 Å². The number of nitrogens with zero attached hydrogens (tertiary/aromatic N) is 1. The smallest absolute Gasteiger partial charge is 0.214 e. The van der Waals surface area contributed by atoms with E-state index in [1.807, 2.05) is 0 Å². The summed E-state index contributed by atoms with van der Waals surface area (Å²) in [4.78, 5) is 2.53. The topological polar surface area (TPSA) is 12.9 Å². The van der Waals surface area contributed by atoms with Crippen molar-refractivity contribution in [1.82, 2.24) is 4.98 Å². The summed E-state index contributed by atoms with van der Waals surface area (Å²) >= 11 is 2.76. The van der Waals surface area contributed by atoms with E-state index in [0.717, 1.165) is 0 Å². The SMILES string of the molecule is Fc1nc(C(F)(F)F)c(C(F)F)cc1CBr. The lowest BCUT2D eigenvalue weighted by Gasteiger charge is -2.12. The van der Waals surface area contributed by atoms with Gasteiger partial charge in [0.2, 0.25) is 5.95 Å².